The quantitative estimate of drug-likeness (QED) is 0.537. The molecule has 29 heavy (non-hydrogen) atoms. The van der Waals surface area contributed by atoms with Crippen molar-refractivity contribution in [2.24, 2.45) is 0 Å². The van der Waals surface area contributed by atoms with Crippen molar-refractivity contribution in [3.8, 4) is 5.75 Å². The third kappa shape index (κ3) is 5.68. The molecule has 0 spiro atoms. The van der Waals surface area contributed by atoms with Gasteiger partial charge in [-0.05, 0) is 68.2 Å². The van der Waals surface area contributed by atoms with Crippen LogP contribution in [0.5, 0.6) is 5.75 Å². The van der Waals surface area contributed by atoms with E-state index in [1.807, 2.05) is 45.9 Å². The van der Waals surface area contributed by atoms with Gasteiger partial charge in [-0.3, -0.25) is 4.79 Å². The fourth-order valence-electron chi connectivity index (χ4n) is 3.25. The van der Waals surface area contributed by atoms with Crippen molar-refractivity contribution in [3.05, 3.63) is 64.0 Å². The van der Waals surface area contributed by atoms with Gasteiger partial charge in [-0.1, -0.05) is 19.1 Å². The van der Waals surface area contributed by atoms with Gasteiger partial charge in [0, 0.05) is 24.1 Å². The summed E-state index contributed by atoms with van der Waals surface area (Å²) < 4.78 is 44.1. The molecule has 3 nitrogen and oxygen atoms in total. The summed E-state index contributed by atoms with van der Waals surface area (Å²) in [6.45, 7) is 9.35. The minimum Gasteiger partial charge on any atom is -0.489 e. The molecule has 0 aliphatic rings. The number of alkyl halides is 3. The lowest BCUT2D eigenvalue weighted by Gasteiger charge is -2.16. The summed E-state index contributed by atoms with van der Waals surface area (Å²) >= 11 is 0. The van der Waals surface area contributed by atoms with Crippen LogP contribution in [0.15, 0.2) is 30.3 Å². The summed E-state index contributed by atoms with van der Waals surface area (Å²) in [4.78, 5) is 15.5. The Bertz CT molecular complexity index is 907. The number of aromatic nitrogens is 1. The van der Waals surface area contributed by atoms with E-state index in [4.69, 9.17) is 4.74 Å². The van der Waals surface area contributed by atoms with E-state index in [-0.39, 0.29) is 12.4 Å². The van der Waals surface area contributed by atoms with Crippen LogP contribution in [0.3, 0.4) is 0 Å². The van der Waals surface area contributed by atoms with Crippen LogP contribution < -0.4 is 4.74 Å². The molecule has 0 aliphatic heterocycles. The highest BCUT2D eigenvalue weighted by atomic mass is 19.4. The summed E-state index contributed by atoms with van der Waals surface area (Å²) in [5, 5.41) is 0. The molecule has 2 rings (SSSR count). The van der Waals surface area contributed by atoms with Gasteiger partial charge in [-0.25, -0.2) is 4.98 Å². The van der Waals surface area contributed by atoms with E-state index < -0.39 is 11.9 Å². The Morgan fingerprint density at radius 3 is 2.24 bits per heavy atom. The number of hydrogen-bond acceptors (Lipinski definition) is 3. The Morgan fingerprint density at radius 2 is 1.76 bits per heavy atom. The normalized spacial score (nSPS) is 12.2. The van der Waals surface area contributed by atoms with Gasteiger partial charge in [0.05, 0.1) is 0 Å². The predicted molar refractivity (Wildman–Crippen MR) is 108 cm³/mol. The molecule has 0 bridgehead atoms. The zero-order chi connectivity index (χ0) is 21.8. The lowest BCUT2D eigenvalue weighted by molar-refractivity contribution is -0.141. The van der Waals surface area contributed by atoms with Crippen molar-refractivity contribution in [1.82, 2.24) is 4.98 Å². The number of hydrogen-bond donors (Lipinski definition) is 0. The maximum atomic E-state index is 12.8. The highest BCUT2D eigenvalue weighted by Crippen LogP contribution is 2.31. The van der Waals surface area contributed by atoms with Crippen LogP contribution in [0, 0.1) is 20.8 Å². The molecule has 0 amide bonds. The van der Waals surface area contributed by atoms with Gasteiger partial charge in [0.1, 0.15) is 23.8 Å². The van der Waals surface area contributed by atoms with Gasteiger partial charge in [0.15, 0.2) is 0 Å². The first-order valence-electron chi connectivity index (χ1n) is 9.51. The molecule has 1 aromatic heterocycles. The molecule has 0 aliphatic carbocycles. The molecule has 6 heteroatoms. The van der Waals surface area contributed by atoms with Crippen LogP contribution in [-0.4, -0.2) is 10.8 Å². The van der Waals surface area contributed by atoms with Crippen LogP contribution in [0.25, 0.3) is 5.57 Å². The van der Waals surface area contributed by atoms with E-state index in [0.29, 0.717) is 29.8 Å². The lowest BCUT2D eigenvalue weighted by Crippen LogP contribution is -2.10. The molecular formula is C23H26F3NO2. The highest BCUT2D eigenvalue weighted by molar-refractivity contribution is 5.91. The van der Waals surface area contributed by atoms with Gasteiger partial charge < -0.3 is 4.74 Å². The van der Waals surface area contributed by atoms with E-state index in [2.05, 4.69) is 4.98 Å². The second kappa shape index (κ2) is 9.25. The molecule has 2 aromatic rings. The molecule has 1 heterocycles. The van der Waals surface area contributed by atoms with Crippen molar-refractivity contribution in [1.29, 1.82) is 0 Å². The number of pyridine rings is 1. The molecule has 0 unspecified atom stereocenters. The van der Waals surface area contributed by atoms with Crippen molar-refractivity contribution in [2.45, 2.75) is 60.2 Å². The molecule has 0 saturated heterocycles. The maximum Gasteiger partial charge on any atom is 0.433 e. The van der Waals surface area contributed by atoms with Crippen LogP contribution >= 0.6 is 0 Å². The Kier molecular flexibility index (Phi) is 7.22. The third-order valence-corrected chi connectivity index (χ3v) is 4.84. The van der Waals surface area contributed by atoms with Crippen molar-refractivity contribution >= 4 is 11.4 Å². The molecule has 0 N–H and O–H groups in total. The van der Waals surface area contributed by atoms with E-state index in [1.165, 1.54) is 13.0 Å². The number of nitrogens with zero attached hydrogens (tertiary/aromatic N) is 1. The number of halogens is 3. The fraction of sp³-hybridized carbons (Fsp3) is 0.391. The topological polar surface area (TPSA) is 39.2 Å². The molecule has 1 aromatic carbocycles. The number of carbonyl (C=O) groups excluding carboxylic acids is 1. The number of rotatable bonds is 7. The fourth-order valence-corrected chi connectivity index (χ4v) is 3.25. The zero-order valence-corrected chi connectivity index (χ0v) is 17.4. The SMILES string of the molecule is C/C=C(/CC(=O)CC)c1c(C)cc(OCc2ccc(C(F)(F)F)nc2C)cc1C. The molecular weight excluding hydrogens is 379 g/mol. The highest BCUT2D eigenvalue weighted by Gasteiger charge is 2.32. The number of Topliss-reactive ketones (excluding diaryl/α,β-unsaturated/α-hetero) is 1. The van der Waals surface area contributed by atoms with Crippen molar-refractivity contribution < 1.29 is 22.7 Å². The molecule has 156 valence electrons. The first kappa shape index (κ1) is 22.7. The van der Waals surface area contributed by atoms with E-state index in [1.54, 1.807) is 0 Å². The van der Waals surface area contributed by atoms with E-state index in [9.17, 15) is 18.0 Å². The van der Waals surface area contributed by atoms with Crippen molar-refractivity contribution in [3.63, 3.8) is 0 Å². The maximum absolute atomic E-state index is 12.8. The Balaban J connectivity index is 2.20. The Labute approximate surface area is 169 Å². The summed E-state index contributed by atoms with van der Waals surface area (Å²) in [5.41, 5.74) is 3.98. The molecule has 0 saturated carbocycles. The molecule has 0 atom stereocenters. The van der Waals surface area contributed by atoms with Crippen LogP contribution in [0.1, 0.15) is 60.3 Å². The molecule has 0 radical (unpaired) electrons. The van der Waals surface area contributed by atoms with Crippen LogP contribution in [0.4, 0.5) is 13.2 Å². The lowest BCUT2D eigenvalue weighted by atomic mass is 9.91. The number of carbonyl (C=O) groups is 1. The number of ether oxygens (including phenoxy) is 1. The summed E-state index contributed by atoms with van der Waals surface area (Å²) in [7, 11) is 0. The van der Waals surface area contributed by atoms with Crippen molar-refractivity contribution in [2.75, 3.05) is 0 Å². The van der Waals surface area contributed by atoms with Gasteiger partial charge in [0.25, 0.3) is 0 Å². The smallest absolute Gasteiger partial charge is 0.433 e. The average molecular weight is 405 g/mol. The summed E-state index contributed by atoms with van der Waals surface area (Å²) in [6.07, 6.45) is -1.61. The molecule has 0 fully saturated rings. The Morgan fingerprint density at radius 1 is 1.14 bits per heavy atom. The number of allylic oxidation sites excluding steroid dienone is 2. The Hall–Kier alpha value is -2.63. The second-order valence-corrected chi connectivity index (χ2v) is 7.04. The summed E-state index contributed by atoms with van der Waals surface area (Å²) in [5.74, 6) is 0.808. The minimum atomic E-state index is -4.46. The van der Waals surface area contributed by atoms with E-state index in [0.717, 1.165) is 28.3 Å². The third-order valence-electron chi connectivity index (χ3n) is 4.84. The zero-order valence-electron chi connectivity index (χ0n) is 17.4. The second-order valence-electron chi connectivity index (χ2n) is 7.04. The monoisotopic (exact) mass is 405 g/mol. The van der Waals surface area contributed by atoms with Gasteiger partial charge in [-0.15, -0.1) is 0 Å². The minimum absolute atomic E-state index is 0.125. The first-order valence-corrected chi connectivity index (χ1v) is 9.51. The number of aryl methyl sites for hydroxylation is 3. The average Bonchev–Trinajstić information content (AvgIpc) is 2.64. The summed E-state index contributed by atoms with van der Waals surface area (Å²) in [6, 6.07) is 6.13. The number of ketones is 1. The largest absolute Gasteiger partial charge is 0.489 e. The van der Waals surface area contributed by atoms with Gasteiger partial charge >= 0.3 is 6.18 Å². The van der Waals surface area contributed by atoms with E-state index >= 15 is 0 Å². The first-order chi connectivity index (χ1) is 13.6. The predicted octanol–water partition coefficient (Wildman–Crippen LogP) is 6.38. The van der Waals surface area contributed by atoms with Crippen LogP contribution in [0.2, 0.25) is 0 Å². The van der Waals surface area contributed by atoms with Gasteiger partial charge in [-0.2, -0.15) is 13.2 Å². The van der Waals surface area contributed by atoms with Crippen LogP contribution in [-0.2, 0) is 17.6 Å². The number of benzene rings is 1. The van der Waals surface area contributed by atoms with Gasteiger partial charge in [0.2, 0.25) is 0 Å². The standard InChI is InChI=1S/C23H26F3NO2/c1-6-17(12-19(28)7-2)22-14(3)10-20(11-15(22)4)29-13-18-8-9-21(23(24,25)26)27-16(18)5/h6,8-11H,7,12-13H2,1-5H3/b17-6-.